The maximum atomic E-state index is 13.1. The van der Waals surface area contributed by atoms with E-state index in [9.17, 15) is 8.42 Å². The molecule has 8 heteroatoms. The fourth-order valence-corrected chi connectivity index (χ4v) is 11.5. The van der Waals surface area contributed by atoms with Crippen molar-refractivity contribution in [3.05, 3.63) is 84.2 Å². The summed E-state index contributed by atoms with van der Waals surface area (Å²) in [7, 11) is -6.36. The van der Waals surface area contributed by atoms with Crippen molar-refractivity contribution in [1.82, 2.24) is 14.9 Å². The van der Waals surface area contributed by atoms with E-state index in [4.69, 9.17) is 9.41 Å². The summed E-state index contributed by atoms with van der Waals surface area (Å²) in [5.41, 5.74) is 2.34. The molecular formula is C31H39N3O3SSi. The van der Waals surface area contributed by atoms with E-state index in [1.165, 1.54) is 6.26 Å². The SMILES string of the molecule is CC(C)C1NCCn2c1nc1cc(CO[Si](c3ccccc3)(c3ccccc3)C(C)(C)C)c(S(C)(=O)=O)cc12. The molecule has 0 fully saturated rings. The van der Waals surface area contributed by atoms with Crippen LogP contribution in [0.4, 0.5) is 0 Å². The third-order valence-corrected chi connectivity index (χ3v) is 14.0. The lowest BCUT2D eigenvalue weighted by molar-refractivity contribution is 0.283. The van der Waals surface area contributed by atoms with Crippen molar-refractivity contribution >= 4 is 39.6 Å². The summed E-state index contributed by atoms with van der Waals surface area (Å²) in [4.78, 5) is 5.33. The standard InChI is InChI=1S/C31H39N3O3SSi/c1-22(2)29-30-33-26-19-23(28(38(6,35)36)20-27(26)34(30)18-17-32-29)21-37-39(31(3,4)5,24-13-9-7-10-14-24)25-15-11-8-12-16-25/h7-16,19-20,22,29,32H,17-18,21H2,1-6H3. The van der Waals surface area contributed by atoms with Crippen LogP contribution in [0, 0.1) is 5.92 Å². The molecule has 1 atom stereocenters. The van der Waals surface area contributed by atoms with Crippen LogP contribution in [0.25, 0.3) is 11.0 Å². The fraction of sp³-hybridized carbons (Fsp3) is 0.387. The third kappa shape index (κ3) is 4.99. The van der Waals surface area contributed by atoms with Gasteiger partial charge in [0.25, 0.3) is 8.32 Å². The predicted octanol–water partition coefficient (Wildman–Crippen LogP) is 4.82. The first-order valence-electron chi connectivity index (χ1n) is 13.6. The lowest BCUT2D eigenvalue weighted by Gasteiger charge is -2.43. The highest BCUT2D eigenvalue weighted by atomic mass is 32.2. The predicted molar refractivity (Wildman–Crippen MR) is 161 cm³/mol. The van der Waals surface area contributed by atoms with Gasteiger partial charge in [-0.05, 0) is 39.0 Å². The van der Waals surface area contributed by atoms with Crippen LogP contribution in [0.3, 0.4) is 0 Å². The van der Waals surface area contributed by atoms with Crippen LogP contribution in [-0.2, 0) is 27.4 Å². The molecule has 1 aliphatic heterocycles. The van der Waals surface area contributed by atoms with E-state index < -0.39 is 18.2 Å². The number of nitrogens with zero attached hydrogens (tertiary/aromatic N) is 2. The van der Waals surface area contributed by atoms with E-state index in [1.807, 2.05) is 24.3 Å². The zero-order chi connectivity index (χ0) is 28.0. The molecule has 1 unspecified atom stereocenters. The molecule has 4 aromatic rings. The molecule has 5 rings (SSSR count). The summed E-state index contributed by atoms with van der Waals surface area (Å²) in [6.07, 6.45) is 1.28. The Bertz CT molecular complexity index is 1540. The summed E-state index contributed by atoms with van der Waals surface area (Å²) in [5.74, 6) is 1.34. The molecule has 0 saturated heterocycles. The lowest BCUT2D eigenvalue weighted by Crippen LogP contribution is -2.66. The van der Waals surface area contributed by atoms with Crippen LogP contribution in [0.15, 0.2) is 77.7 Å². The first-order valence-corrected chi connectivity index (χ1v) is 17.4. The smallest absolute Gasteiger partial charge is 0.261 e. The molecule has 0 radical (unpaired) electrons. The van der Waals surface area contributed by atoms with Crippen LogP contribution >= 0.6 is 0 Å². The number of fused-ring (bicyclic) bond motifs is 3. The summed E-state index contributed by atoms with van der Waals surface area (Å²) in [6.45, 7) is 12.8. The second-order valence-electron chi connectivity index (χ2n) is 12.0. The minimum atomic E-state index is -3.51. The lowest BCUT2D eigenvalue weighted by atomic mass is 10.0. The van der Waals surface area contributed by atoms with E-state index in [0.29, 0.717) is 16.4 Å². The van der Waals surface area contributed by atoms with Crippen LogP contribution < -0.4 is 15.7 Å². The highest BCUT2D eigenvalue weighted by Crippen LogP contribution is 2.38. The van der Waals surface area contributed by atoms with Gasteiger partial charge in [-0.1, -0.05) is 95.3 Å². The maximum Gasteiger partial charge on any atom is 0.261 e. The first kappa shape index (κ1) is 27.8. The van der Waals surface area contributed by atoms with E-state index >= 15 is 0 Å². The summed E-state index contributed by atoms with van der Waals surface area (Å²) < 4.78 is 35.6. The molecule has 1 N–H and O–H groups in total. The van der Waals surface area contributed by atoms with E-state index in [2.05, 4.69) is 93.0 Å². The quantitative estimate of drug-likeness (QED) is 0.328. The molecule has 0 aliphatic carbocycles. The molecule has 2 heterocycles. The molecule has 1 aromatic heterocycles. The van der Waals surface area contributed by atoms with Crippen molar-refractivity contribution in [3.8, 4) is 0 Å². The molecule has 0 bridgehead atoms. The van der Waals surface area contributed by atoms with Crippen LogP contribution in [0.2, 0.25) is 5.04 Å². The number of benzene rings is 3. The van der Waals surface area contributed by atoms with Gasteiger partial charge in [-0.25, -0.2) is 13.4 Å². The number of sulfone groups is 1. The Morgan fingerprint density at radius 1 is 1.03 bits per heavy atom. The monoisotopic (exact) mass is 561 g/mol. The second-order valence-corrected chi connectivity index (χ2v) is 18.3. The fourth-order valence-electron chi connectivity index (χ4n) is 6.05. The summed E-state index contributed by atoms with van der Waals surface area (Å²) in [5, 5.41) is 5.68. The number of rotatable bonds is 7. The molecule has 0 amide bonds. The van der Waals surface area contributed by atoms with Gasteiger partial charge in [0.15, 0.2) is 9.84 Å². The molecule has 3 aromatic carbocycles. The van der Waals surface area contributed by atoms with E-state index in [1.54, 1.807) is 0 Å². The van der Waals surface area contributed by atoms with Gasteiger partial charge in [-0.15, -0.1) is 0 Å². The van der Waals surface area contributed by atoms with Gasteiger partial charge < -0.3 is 14.3 Å². The van der Waals surface area contributed by atoms with Crippen LogP contribution in [-0.4, -0.2) is 39.1 Å². The number of hydrogen-bond acceptors (Lipinski definition) is 5. The Balaban J connectivity index is 1.67. The number of imidazole rings is 1. The van der Waals surface area contributed by atoms with E-state index in [0.717, 1.165) is 40.3 Å². The zero-order valence-corrected chi connectivity index (χ0v) is 25.5. The van der Waals surface area contributed by atoms with Crippen molar-refractivity contribution in [2.75, 3.05) is 12.8 Å². The molecular weight excluding hydrogens is 523 g/mol. The van der Waals surface area contributed by atoms with Gasteiger partial charge in [-0.3, -0.25) is 0 Å². The highest BCUT2D eigenvalue weighted by molar-refractivity contribution is 7.90. The second kappa shape index (κ2) is 10.3. The molecule has 1 aliphatic rings. The largest absolute Gasteiger partial charge is 0.403 e. The Kier molecular flexibility index (Phi) is 7.35. The minimum absolute atomic E-state index is 0.129. The first-order chi connectivity index (χ1) is 18.4. The molecule has 6 nitrogen and oxygen atoms in total. The van der Waals surface area contributed by atoms with Crippen molar-refractivity contribution in [2.24, 2.45) is 5.92 Å². The van der Waals surface area contributed by atoms with Gasteiger partial charge in [0.2, 0.25) is 0 Å². The van der Waals surface area contributed by atoms with Crippen LogP contribution in [0.5, 0.6) is 0 Å². The Morgan fingerprint density at radius 3 is 2.13 bits per heavy atom. The molecule has 0 spiro atoms. The van der Waals surface area contributed by atoms with Gasteiger partial charge in [0.1, 0.15) is 5.82 Å². The highest BCUT2D eigenvalue weighted by Gasteiger charge is 2.50. The van der Waals surface area contributed by atoms with E-state index in [-0.39, 0.29) is 17.7 Å². The number of aromatic nitrogens is 2. The minimum Gasteiger partial charge on any atom is -0.403 e. The molecule has 39 heavy (non-hydrogen) atoms. The van der Waals surface area contributed by atoms with Crippen molar-refractivity contribution < 1.29 is 12.8 Å². The Labute approximate surface area is 233 Å². The average molecular weight is 562 g/mol. The van der Waals surface area contributed by atoms with Crippen molar-refractivity contribution in [3.63, 3.8) is 0 Å². The number of hydrogen-bond donors (Lipinski definition) is 1. The van der Waals surface area contributed by atoms with Gasteiger partial charge in [0, 0.05) is 19.3 Å². The summed E-state index contributed by atoms with van der Waals surface area (Å²) >= 11 is 0. The zero-order valence-electron chi connectivity index (χ0n) is 23.7. The van der Waals surface area contributed by atoms with Crippen LogP contribution in [0.1, 0.15) is 52.0 Å². The average Bonchev–Trinajstić information content (AvgIpc) is 3.26. The number of nitrogens with one attached hydrogen (secondary N) is 1. The van der Waals surface area contributed by atoms with Gasteiger partial charge in [0.05, 0.1) is 28.6 Å². The molecule has 0 saturated carbocycles. The maximum absolute atomic E-state index is 13.1. The topological polar surface area (TPSA) is 73.2 Å². The van der Waals surface area contributed by atoms with Crippen molar-refractivity contribution in [2.45, 2.75) is 63.7 Å². The Hall–Kier alpha value is -2.78. The van der Waals surface area contributed by atoms with Gasteiger partial charge >= 0.3 is 0 Å². The van der Waals surface area contributed by atoms with Crippen molar-refractivity contribution in [1.29, 1.82) is 0 Å². The molecule has 206 valence electrons. The van der Waals surface area contributed by atoms with Gasteiger partial charge in [-0.2, -0.15) is 0 Å². The normalized spacial score (nSPS) is 16.5. The third-order valence-electron chi connectivity index (χ3n) is 7.86. The Morgan fingerprint density at radius 2 is 1.62 bits per heavy atom. The summed E-state index contributed by atoms with van der Waals surface area (Å²) in [6, 6.07) is 24.7.